The summed E-state index contributed by atoms with van der Waals surface area (Å²) in [6.45, 7) is 8.68. The Morgan fingerprint density at radius 2 is 1.93 bits per heavy atom. The average molecular weight is 215 g/mol. The molecule has 2 unspecified atom stereocenters. The van der Waals surface area contributed by atoms with Gasteiger partial charge >= 0.3 is 5.97 Å². The molecule has 2 atom stereocenters. The van der Waals surface area contributed by atoms with Crippen LogP contribution in [0.3, 0.4) is 0 Å². The van der Waals surface area contributed by atoms with Crippen LogP contribution in [-0.2, 0) is 9.53 Å². The van der Waals surface area contributed by atoms with E-state index in [4.69, 9.17) is 4.74 Å². The second-order valence-corrected chi connectivity index (χ2v) is 4.12. The highest BCUT2D eigenvalue weighted by molar-refractivity contribution is 5.69. The van der Waals surface area contributed by atoms with Gasteiger partial charge in [0.25, 0.3) is 0 Å². The van der Waals surface area contributed by atoms with Crippen LogP contribution >= 0.6 is 0 Å². The van der Waals surface area contributed by atoms with Crippen LogP contribution in [0.5, 0.6) is 0 Å². The minimum atomic E-state index is -0.111. The first-order valence-electron chi connectivity index (χ1n) is 6.01. The van der Waals surface area contributed by atoms with E-state index in [1.54, 1.807) is 0 Å². The number of nitrogens with one attached hydrogen (secondary N) is 1. The van der Waals surface area contributed by atoms with Gasteiger partial charge < -0.3 is 10.1 Å². The highest BCUT2D eigenvalue weighted by Crippen LogP contribution is 2.02. The number of ether oxygens (including phenoxy) is 1. The Hall–Kier alpha value is -0.570. The summed E-state index contributed by atoms with van der Waals surface area (Å²) in [6, 6.07) is 0.685. The summed E-state index contributed by atoms with van der Waals surface area (Å²) in [5.41, 5.74) is 0. The molecule has 0 fully saturated rings. The van der Waals surface area contributed by atoms with E-state index < -0.39 is 0 Å². The average Bonchev–Trinajstić information content (AvgIpc) is 2.14. The maximum absolute atomic E-state index is 11.2. The van der Waals surface area contributed by atoms with Gasteiger partial charge in [-0.2, -0.15) is 0 Å². The van der Waals surface area contributed by atoms with Crippen LogP contribution in [0.1, 0.15) is 53.4 Å². The maximum atomic E-state index is 11.2. The molecule has 0 rings (SSSR count). The van der Waals surface area contributed by atoms with Crippen molar-refractivity contribution in [1.82, 2.24) is 5.32 Å². The molecule has 0 radical (unpaired) electrons. The lowest BCUT2D eigenvalue weighted by Crippen LogP contribution is -2.36. The fourth-order valence-corrected chi connectivity index (χ4v) is 1.61. The molecule has 0 bridgehead atoms. The van der Waals surface area contributed by atoms with Crippen molar-refractivity contribution in [3.63, 3.8) is 0 Å². The van der Waals surface area contributed by atoms with E-state index in [-0.39, 0.29) is 12.0 Å². The Labute approximate surface area is 93.6 Å². The first-order chi connectivity index (χ1) is 7.10. The monoisotopic (exact) mass is 215 g/mol. The van der Waals surface area contributed by atoms with Crippen LogP contribution < -0.4 is 5.32 Å². The van der Waals surface area contributed by atoms with Crippen molar-refractivity contribution in [1.29, 1.82) is 0 Å². The van der Waals surface area contributed by atoms with E-state index in [9.17, 15) is 4.79 Å². The molecule has 0 saturated heterocycles. The second-order valence-electron chi connectivity index (χ2n) is 4.12. The first-order valence-corrected chi connectivity index (χ1v) is 6.01. The van der Waals surface area contributed by atoms with E-state index in [1.807, 2.05) is 13.8 Å². The molecule has 0 aromatic rings. The largest absolute Gasteiger partial charge is 0.466 e. The normalized spacial score (nSPS) is 14.7. The van der Waals surface area contributed by atoms with Gasteiger partial charge in [0, 0.05) is 12.1 Å². The molecule has 0 aliphatic heterocycles. The molecule has 0 aliphatic rings. The van der Waals surface area contributed by atoms with Crippen molar-refractivity contribution < 1.29 is 9.53 Å². The zero-order valence-corrected chi connectivity index (χ0v) is 10.5. The standard InChI is InChI=1S/C12H25NO2/c1-5-7-8-10(3)13-11(4)9-12(14)15-6-2/h10-11,13H,5-9H2,1-4H3. The number of carbonyl (C=O) groups excluding carboxylic acids is 1. The number of unbranched alkanes of at least 4 members (excludes halogenated alkanes) is 1. The smallest absolute Gasteiger partial charge is 0.307 e. The van der Waals surface area contributed by atoms with Crippen LogP contribution in [-0.4, -0.2) is 24.7 Å². The van der Waals surface area contributed by atoms with Crippen molar-refractivity contribution >= 4 is 5.97 Å². The molecule has 0 amide bonds. The zero-order valence-electron chi connectivity index (χ0n) is 10.5. The third kappa shape index (κ3) is 8.43. The van der Waals surface area contributed by atoms with Crippen molar-refractivity contribution in [3.05, 3.63) is 0 Å². The van der Waals surface area contributed by atoms with Crippen molar-refractivity contribution in [2.45, 2.75) is 65.5 Å². The summed E-state index contributed by atoms with van der Waals surface area (Å²) in [6.07, 6.45) is 4.09. The Balaban J connectivity index is 3.62. The van der Waals surface area contributed by atoms with Crippen LogP contribution in [0, 0.1) is 0 Å². The fourth-order valence-electron chi connectivity index (χ4n) is 1.61. The Morgan fingerprint density at radius 3 is 2.47 bits per heavy atom. The summed E-state index contributed by atoms with van der Waals surface area (Å²) in [5.74, 6) is -0.111. The van der Waals surface area contributed by atoms with Gasteiger partial charge in [-0.05, 0) is 27.2 Å². The second kappa shape index (κ2) is 8.72. The molecule has 0 saturated carbocycles. The van der Waals surface area contributed by atoms with Gasteiger partial charge in [-0.15, -0.1) is 0 Å². The molecule has 90 valence electrons. The molecule has 3 nitrogen and oxygen atoms in total. The highest BCUT2D eigenvalue weighted by atomic mass is 16.5. The summed E-state index contributed by atoms with van der Waals surface area (Å²) in [4.78, 5) is 11.2. The summed E-state index contributed by atoms with van der Waals surface area (Å²) >= 11 is 0. The molecule has 15 heavy (non-hydrogen) atoms. The lowest BCUT2D eigenvalue weighted by atomic mass is 10.1. The van der Waals surface area contributed by atoms with E-state index in [0.717, 1.165) is 0 Å². The summed E-state index contributed by atoms with van der Waals surface area (Å²) in [7, 11) is 0. The number of hydrogen-bond donors (Lipinski definition) is 1. The molecular formula is C12H25NO2. The fraction of sp³-hybridized carbons (Fsp3) is 0.917. The van der Waals surface area contributed by atoms with Crippen molar-refractivity contribution in [2.75, 3.05) is 6.61 Å². The van der Waals surface area contributed by atoms with Gasteiger partial charge in [-0.25, -0.2) is 0 Å². The van der Waals surface area contributed by atoms with Crippen LogP contribution in [0.4, 0.5) is 0 Å². The molecule has 1 N–H and O–H groups in total. The molecule has 0 aromatic carbocycles. The van der Waals surface area contributed by atoms with Crippen molar-refractivity contribution in [2.24, 2.45) is 0 Å². The van der Waals surface area contributed by atoms with E-state index in [0.29, 0.717) is 19.1 Å². The van der Waals surface area contributed by atoms with E-state index >= 15 is 0 Å². The first kappa shape index (κ1) is 14.4. The number of hydrogen-bond acceptors (Lipinski definition) is 3. The molecule has 0 heterocycles. The van der Waals surface area contributed by atoms with Gasteiger partial charge in [-0.3, -0.25) is 4.79 Å². The van der Waals surface area contributed by atoms with Crippen molar-refractivity contribution in [3.8, 4) is 0 Å². The van der Waals surface area contributed by atoms with E-state index in [1.165, 1.54) is 19.3 Å². The predicted molar refractivity (Wildman–Crippen MR) is 62.8 cm³/mol. The summed E-state index contributed by atoms with van der Waals surface area (Å²) in [5, 5.41) is 3.40. The van der Waals surface area contributed by atoms with Gasteiger partial charge in [0.05, 0.1) is 13.0 Å². The Morgan fingerprint density at radius 1 is 1.27 bits per heavy atom. The minimum absolute atomic E-state index is 0.111. The molecular weight excluding hydrogens is 190 g/mol. The quantitative estimate of drug-likeness (QED) is 0.632. The molecule has 0 aromatic heterocycles. The highest BCUT2D eigenvalue weighted by Gasteiger charge is 2.11. The number of rotatable bonds is 8. The topological polar surface area (TPSA) is 38.3 Å². The lowest BCUT2D eigenvalue weighted by molar-refractivity contribution is -0.143. The van der Waals surface area contributed by atoms with E-state index in [2.05, 4.69) is 19.2 Å². The third-order valence-electron chi connectivity index (χ3n) is 2.34. The third-order valence-corrected chi connectivity index (χ3v) is 2.34. The Kier molecular flexibility index (Phi) is 8.38. The molecule has 3 heteroatoms. The summed E-state index contributed by atoms with van der Waals surface area (Å²) < 4.78 is 4.90. The van der Waals surface area contributed by atoms with Gasteiger partial charge in [0.15, 0.2) is 0 Å². The van der Waals surface area contributed by atoms with Crippen LogP contribution in [0.2, 0.25) is 0 Å². The minimum Gasteiger partial charge on any atom is -0.466 e. The van der Waals surface area contributed by atoms with Gasteiger partial charge in [0.2, 0.25) is 0 Å². The Bertz CT molecular complexity index is 171. The van der Waals surface area contributed by atoms with Crippen LogP contribution in [0.25, 0.3) is 0 Å². The number of carbonyl (C=O) groups is 1. The molecule has 0 aliphatic carbocycles. The van der Waals surface area contributed by atoms with Gasteiger partial charge in [0.1, 0.15) is 0 Å². The predicted octanol–water partition coefficient (Wildman–Crippen LogP) is 2.50. The number of esters is 1. The maximum Gasteiger partial charge on any atom is 0.307 e. The van der Waals surface area contributed by atoms with Gasteiger partial charge in [-0.1, -0.05) is 19.8 Å². The lowest BCUT2D eigenvalue weighted by Gasteiger charge is -2.19. The SMILES string of the molecule is CCCCC(C)NC(C)CC(=O)OCC. The molecule has 0 spiro atoms. The zero-order chi connectivity index (χ0) is 11.7. The van der Waals surface area contributed by atoms with Crippen LogP contribution in [0.15, 0.2) is 0 Å².